The molecule has 0 aliphatic carbocycles. The molecule has 1 aromatic heterocycles. The Balaban J connectivity index is 2.11. The number of methoxy groups -OCH3 is 1. The number of thiophene rings is 1. The van der Waals surface area contributed by atoms with Gasteiger partial charge in [0.15, 0.2) is 0 Å². The van der Waals surface area contributed by atoms with E-state index in [9.17, 15) is 0 Å². The molecule has 0 fully saturated rings. The molecule has 1 heterocycles. The highest BCUT2D eigenvalue weighted by Crippen LogP contribution is 2.32. The van der Waals surface area contributed by atoms with Crippen LogP contribution < -0.4 is 4.74 Å². The Labute approximate surface area is 104 Å². The Morgan fingerprint density at radius 3 is 2.88 bits per heavy atom. The number of thioether (sulfide) groups is 1. The van der Waals surface area contributed by atoms with Crippen molar-refractivity contribution in [3.63, 3.8) is 0 Å². The van der Waals surface area contributed by atoms with E-state index >= 15 is 0 Å². The zero-order valence-electron chi connectivity index (χ0n) is 9.40. The maximum absolute atomic E-state index is 5.35. The van der Waals surface area contributed by atoms with Gasteiger partial charge in [-0.15, -0.1) is 11.8 Å². The molecule has 0 radical (unpaired) electrons. The average Bonchev–Trinajstić information content (AvgIpc) is 2.79. The molecule has 0 amide bonds. The SMILES string of the molecule is COc1ccc(C)cc1SCc1ccsc1. The van der Waals surface area contributed by atoms with Gasteiger partial charge in [-0.3, -0.25) is 0 Å². The van der Waals surface area contributed by atoms with Gasteiger partial charge in [0.25, 0.3) is 0 Å². The molecule has 3 heteroatoms. The standard InChI is InChI=1S/C13H14OS2/c1-10-3-4-12(14-2)13(7-10)16-9-11-5-6-15-8-11/h3-8H,9H2,1-2H3. The number of hydrogen-bond acceptors (Lipinski definition) is 3. The van der Waals surface area contributed by atoms with Crippen molar-refractivity contribution >= 4 is 23.1 Å². The maximum atomic E-state index is 5.35. The normalized spacial score (nSPS) is 10.4. The summed E-state index contributed by atoms with van der Waals surface area (Å²) in [5.74, 6) is 1.97. The molecule has 2 rings (SSSR count). The summed E-state index contributed by atoms with van der Waals surface area (Å²) >= 11 is 3.57. The summed E-state index contributed by atoms with van der Waals surface area (Å²) in [5.41, 5.74) is 2.65. The van der Waals surface area contributed by atoms with Crippen LogP contribution in [0, 0.1) is 6.92 Å². The molecule has 0 saturated heterocycles. The predicted molar refractivity (Wildman–Crippen MR) is 71.6 cm³/mol. The highest BCUT2D eigenvalue weighted by atomic mass is 32.2. The van der Waals surface area contributed by atoms with E-state index in [0.717, 1.165) is 11.5 Å². The van der Waals surface area contributed by atoms with Gasteiger partial charge in [0.1, 0.15) is 5.75 Å². The van der Waals surface area contributed by atoms with Gasteiger partial charge < -0.3 is 4.74 Å². The second-order valence-electron chi connectivity index (χ2n) is 3.57. The summed E-state index contributed by atoms with van der Waals surface area (Å²) in [7, 11) is 1.72. The molecule has 0 N–H and O–H groups in total. The van der Waals surface area contributed by atoms with Crippen molar-refractivity contribution in [2.24, 2.45) is 0 Å². The molecule has 0 bridgehead atoms. The molecule has 1 nitrogen and oxygen atoms in total. The van der Waals surface area contributed by atoms with Crippen molar-refractivity contribution < 1.29 is 4.74 Å². The first-order chi connectivity index (χ1) is 7.79. The van der Waals surface area contributed by atoms with Crippen LogP contribution in [0.1, 0.15) is 11.1 Å². The molecule has 0 atom stereocenters. The minimum absolute atomic E-state index is 0.964. The third-order valence-electron chi connectivity index (χ3n) is 2.29. The first-order valence-electron chi connectivity index (χ1n) is 5.08. The molecule has 2 aromatic rings. The average molecular weight is 250 g/mol. The lowest BCUT2D eigenvalue weighted by Crippen LogP contribution is -1.87. The van der Waals surface area contributed by atoms with Crippen molar-refractivity contribution in [1.82, 2.24) is 0 Å². The first kappa shape index (κ1) is 11.6. The van der Waals surface area contributed by atoms with Crippen molar-refractivity contribution in [3.8, 4) is 5.75 Å². The largest absolute Gasteiger partial charge is 0.496 e. The fraction of sp³-hybridized carbons (Fsp3) is 0.231. The van der Waals surface area contributed by atoms with Gasteiger partial charge in [-0.1, -0.05) is 6.07 Å². The van der Waals surface area contributed by atoms with Crippen LogP contribution in [0.2, 0.25) is 0 Å². The van der Waals surface area contributed by atoms with E-state index in [0.29, 0.717) is 0 Å². The lowest BCUT2D eigenvalue weighted by molar-refractivity contribution is 0.404. The molecular formula is C13H14OS2. The van der Waals surface area contributed by atoms with Gasteiger partial charge in [0.05, 0.1) is 7.11 Å². The zero-order chi connectivity index (χ0) is 11.4. The third kappa shape index (κ3) is 2.80. The van der Waals surface area contributed by atoms with E-state index < -0.39 is 0 Å². The molecule has 16 heavy (non-hydrogen) atoms. The van der Waals surface area contributed by atoms with Crippen molar-refractivity contribution in [1.29, 1.82) is 0 Å². The highest BCUT2D eigenvalue weighted by molar-refractivity contribution is 7.98. The number of ether oxygens (including phenoxy) is 1. The summed E-state index contributed by atoms with van der Waals surface area (Å²) in [6, 6.07) is 8.45. The molecular weight excluding hydrogens is 236 g/mol. The zero-order valence-corrected chi connectivity index (χ0v) is 11.0. The van der Waals surface area contributed by atoms with Crippen molar-refractivity contribution in [2.45, 2.75) is 17.6 Å². The lowest BCUT2D eigenvalue weighted by Gasteiger charge is -2.08. The summed E-state index contributed by atoms with van der Waals surface area (Å²) < 4.78 is 5.35. The van der Waals surface area contributed by atoms with Crippen LogP contribution >= 0.6 is 23.1 Å². The Morgan fingerprint density at radius 1 is 1.31 bits per heavy atom. The van der Waals surface area contributed by atoms with Gasteiger partial charge in [-0.25, -0.2) is 0 Å². The maximum Gasteiger partial charge on any atom is 0.132 e. The summed E-state index contributed by atoms with van der Waals surface area (Å²) in [4.78, 5) is 1.22. The Kier molecular flexibility index (Phi) is 3.91. The van der Waals surface area contributed by atoms with Crippen LogP contribution in [0.4, 0.5) is 0 Å². The van der Waals surface area contributed by atoms with Crippen LogP contribution in [0.15, 0.2) is 39.9 Å². The monoisotopic (exact) mass is 250 g/mol. The minimum Gasteiger partial charge on any atom is -0.496 e. The predicted octanol–water partition coefficient (Wildman–Crippen LogP) is 4.36. The number of benzene rings is 1. The Hall–Kier alpha value is -0.930. The number of aryl methyl sites for hydroxylation is 1. The van der Waals surface area contributed by atoms with Gasteiger partial charge >= 0.3 is 0 Å². The Morgan fingerprint density at radius 2 is 2.19 bits per heavy atom. The molecule has 84 valence electrons. The quantitative estimate of drug-likeness (QED) is 0.746. The topological polar surface area (TPSA) is 9.23 Å². The van der Waals surface area contributed by atoms with E-state index in [1.54, 1.807) is 18.4 Å². The van der Waals surface area contributed by atoms with Crippen LogP contribution in [-0.2, 0) is 5.75 Å². The van der Waals surface area contributed by atoms with E-state index in [2.05, 4.69) is 35.9 Å². The van der Waals surface area contributed by atoms with Gasteiger partial charge in [-0.2, -0.15) is 11.3 Å². The number of hydrogen-bond donors (Lipinski definition) is 0. The van der Waals surface area contributed by atoms with E-state index in [1.807, 2.05) is 17.8 Å². The van der Waals surface area contributed by atoms with Crippen molar-refractivity contribution in [2.75, 3.05) is 7.11 Å². The second-order valence-corrected chi connectivity index (χ2v) is 5.37. The van der Waals surface area contributed by atoms with E-state index in [4.69, 9.17) is 4.74 Å². The number of rotatable bonds is 4. The summed E-state index contributed by atoms with van der Waals surface area (Å²) in [6.07, 6.45) is 0. The molecule has 0 unspecified atom stereocenters. The van der Waals surface area contributed by atoms with Crippen LogP contribution in [0.5, 0.6) is 5.75 Å². The van der Waals surface area contributed by atoms with Gasteiger partial charge in [-0.05, 0) is 47.0 Å². The van der Waals surface area contributed by atoms with Gasteiger partial charge in [0, 0.05) is 10.6 Å². The molecule has 0 saturated carbocycles. The van der Waals surface area contributed by atoms with Crippen LogP contribution in [0.3, 0.4) is 0 Å². The fourth-order valence-electron chi connectivity index (χ4n) is 1.43. The smallest absolute Gasteiger partial charge is 0.132 e. The molecule has 0 aliphatic heterocycles. The van der Waals surface area contributed by atoms with Crippen LogP contribution in [0.25, 0.3) is 0 Å². The van der Waals surface area contributed by atoms with E-state index in [-0.39, 0.29) is 0 Å². The summed E-state index contributed by atoms with van der Waals surface area (Å²) in [5, 5.41) is 4.30. The third-order valence-corrected chi connectivity index (χ3v) is 4.13. The van der Waals surface area contributed by atoms with Gasteiger partial charge in [0.2, 0.25) is 0 Å². The first-order valence-corrected chi connectivity index (χ1v) is 7.01. The molecule has 1 aromatic carbocycles. The fourth-order valence-corrected chi connectivity index (χ4v) is 3.27. The molecule has 0 spiro atoms. The molecule has 0 aliphatic rings. The van der Waals surface area contributed by atoms with E-state index in [1.165, 1.54) is 16.0 Å². The lowest BCUT2D eigenvalue weighted by atomic mass is 10.2. The summed E-state index contributed by atoms with van der Waals surface area (Å²) in [6.45, 7) is 2.11. The van der Waals surface area contributed by atoms with Crippen molar-refractivity contribution in [3.05, 3.63) is 46.2 Å². The van der Waals surface area contributed by atoms with Crippen LogP contribution in [-0.4, -0.2) is 7.11 Å². The second kappa shape index (κ2) is 5.41. The minimum atomic E-state index is 0.964. The Bertz CT molecular complexity index is 449. The highest BCUT2D eigenvalue weighted by Gasteiger charge is 2.04.